The third-order valence-corrected chi connectivity index (χ3v) is 8.28. The van der Waals surface area contributed by atoms with Crippen molar-refractivity contribution in [2.75, 3.05) is 33.4 Å². The van der Waals surface area contributed by atoms with E-state index in [-0.39, 0.29) is 0 Å². The summed E-state index contributed by atoms with van der Waals surface area (Å²) in [4.78, 5) is 2.49. The standard InChI is InChI=1S/C37H40N2O3/c1-28-33-13-7-8-14-34(33)39(37(28)31-16-18-32(19-17-31)42-27-29-11-5-3-6-12-29)26-30-15-20-35(36(25-30)40-2)41-24-23-38-21-9-4-10-22-38/h3,5-8,11-20,25H,4,9-10,21-24,26-27H2,1-2H3. The molecule has 1 fully saturated rings. The molecule has 5 aromatic rings. The fraction of sp³-hybridized carbons (Fsp3) is 0.297. The van der Waals surface area contributed by atoms with Gasteiger partial charge >= 0.3 is 0 Å². The highest BCUT2D eigenvalue weighted by molar-refractivity contribution is 5.91. The highest BCUT2D eigenvalue weighted by atomic mass is 16.5. The number of likely N-dealkylation sites (tertiary alicyclic amines) is 1. The Labute approximate surface area is 249 Å². The lowest BCUT2D eigenvalue weighted by Crippen LogP contribution is -2.33. The van der Waals surface area contributed by atoms with Gasteiger partial charge in [-0.25, -0.2) is 0 Å². The average molecular weight is 561 g/mol. The first kappa shape index (κ1) is 27.9. The largest absolute Gasteiger partial charge is 0.493 e. The van der Waals surface area contributed by atoms with E-state index < -0.39 is 0 Å². The Hall–Kier alpha value is -4.22. The molecule has 5 heteroatoms. The van der Waals surface area contributed by atoms with Crippen LogP contribution in [0.2, 0.25) is 0 Å². The second-order valence-electron chi connectivity index (χ2n) is 11.1. The van der Waals surface area contributed by atoms with E-state index in [4.69, 9.17) is 14.2 Å². The van der Waals surface area contributed by atoms with Crippen LogP contribution in [-0.2, 0) is 13.2 Å². The van der Waals surface area contributed by atoms with Gasteiger partial charge in [-0.2, -0.15) is 0 Å². The SMILES string of the molecule is COc1cc(Cn2c(-c3ccc(OCc4ccccc4)cc3)c(C)c3ccccc32)ccc1OCCN1CCCCC1. The summed E-state index contributed by atoms with van der Waals surface area (Å²) in [6, 6.07) is 33.7. The maximum Gasteiger partial charge on any atom is 0.161 e. The zero-order chi connectivity index (χ0) is 28.7. The molecule has 1 saturated heterocycles. The van der Waals surface area contributed by atoms with Gasteiger partial charge in [-0.3, -0.25) is 4.90 Å². The van der Waals surface area contributed by atoms with Crippen molar-refractivity contribution in [3.8, 4) is 28.5 Å². The lowest BCUT2D eigenvalue weighted by Gasteiger charge is -2.26. The summed E-state index contributed by atoms with van der Waals surface area (Å²) in [7, 11) is 1.72. The molecule has 0 radical (unpaired) electrons. The summed E-state index contributed by atoms with van der Waals surface area (Å²) in [6.07, 6.45) is 3.93. The molecule has 0 bridgehead atoms. The van der Waals surface area contributed by atoms with Crippen LogP contribution in [0, 0.1) is 6.92 Å². The molecule has 1 aromatic heterocycles. The van der Waals surface area contributed by atoms with Crippen LogP contribution >= 0.6 is 0 Å². The van der Waals surface area contributed by atoms with Crippen LogP contribution in [-0.4, -0.2) is 42.8 Å². The molecule has 0 aliphatic carbocycles. The van der Waals surface area contributed by atoms with Crippen LogP contribution in [0.5, 0.6) is 17.2 Å². The summed E-state index contributed by atoms with van der Waals surface area (Å²) in [5.74, 6) is 2.45. The molecule has 42 heavy (non-hydrogen) atoms. The molecule has 216 valence electrons. The fourth-order valence-corrected chi connectivity index (χ4v) is 6.04. The lowest BCUT2D eigenvalue weighted by atomic mass is 10.1. The first-order valence-electron chi connectivity index (χ1n) is 15.1. The molecule has 5 nitrogen and oxygen atoms in total. The van der Waals surface area contributed by atoms with Gasteiger partial charge in [-0.1, -0.05) is 61.0 Å². The Morgan fingerprint density at radius 1 is 0.714 bits per heavy atom. The number of hydrogen-bond donors (Lipinski definition) is 0. The molecule has 0 N–H and O–H groups in total. The van der Waals surface area contributed by atoms with Crippen molar-refractivity contribution < 1.29 is 14.2 Å². The molecule has 0 atom stereocenters. The Morgan fingerprint density at radius 2 is 1.48 bits per heavy atom. The summed E-state index contributed by atoms with van der Waals surface area (Å²) >= 11 is 0. The third kappa shape index (κ3) is 6.32. The molecule has 1 aliphatic rings. The van der Waals surface area contributed by atoms with Gasteiger partial charge in [0.15, 0.2) is 11.5 Å². The third-order valence-electron chi connectivity index (χ3n) is 8.28. The van der Waals surface area contributed by atoms with Crippen LogP contribution in [0.1, 0.15) is 36.0 Å². The summed E-state index contributed by atoms with van der Waals surface area (Å²) in [5, 5.41) is 1.27. The maximum absolute atomic E-state index is 6.18. The Bertz CT molecular complexity index is 1600. The van der Waals surface area contributed by atoms with Gasteiger partial charge in [0.1, 0.15) is 19.0 Å². The number of aromatic nitrogens is 1. The fourth-order valence-electron chi connectivity index (χ4n) is 6.04. The van der Waals surface area contributed by atoms with E-state index in [1.165, 1.54) is 65.6 Å². The van der Waals surface area contributed by atoms with Crippen LogP contribution in [0.4, 0.5) is 0 Å². The van der Waals surface area contributed by atoms with Gasteiger partial charge in [-0.15, -0.1) is 0 Å². The highest BCUT2D eigenvalue weighted by Gasteiger charge is 2.17. The summed E-state index contributed by atoms with van der Waals surface area (Å²) in [6.45, 7) is 7.48. The molecular weight excluding hydrogens is 520 g/mol. The number of benzene rings is 4. The second kappa shape index (κ2) is 13.2. The maximum atomic E-state index is 6.18. The molecule has 0 amide bonds. The van der Waals surface area contributed by atoms with Gasteiger partial charge in [0.2, 0.25) is 0 Å². The Morgan fingerprint density at radius 3 is 2.26 bits per heavy atom. The minimum Gasteiger partial charge on any atom is -0.493 e. The number of hydrogen-bond acceptors (Lipinski definition) is 4. The van der Waals surface area contributed by atoms with Gasteiger partial charge in [0, 0.05) is 24.0 Å². The zero-order valence-electron chi connectivity index (χ0n) is 24.7. The van der Waals surface area contributed by atoms with Crippen molar-refractivity contribution >= 4 is 10.9 Å². The van der Waals surface area contributed by atoms with E-state index in [0.717, 1.165) is 35.9 Å². The van der Waals surface area contributed by atoms with Gasteiger partial charge in [-0.05, 0) is 97.6 Å². The minimum absolute atomic E-state index is 0.555. The highest BCUT2D eigenvalue weighted by Crippen LogP contribution is 2.36. The molecule has 1 aliphatic heterocycles. The van der Waals surface area contributed by atoms with E-state index in [1.54, 1.807) is 7.11 Å². The predicted molar refractivity (Wildman–Crippen MR) is 171 cm³/mol. The number of piperidine rings is 1. The molecular formula is C37H40N2O3. The molecule has 0 unspecified atom stereocenters. The van der Waals surface area contributed by atoms with Crippen LogP contribution < -0.4 is 14.2 Å². The van der Waals surface area contributed by atoms with Crippen molar-refractivity contribution in [2.24, 2.45) is 0 Å². The molecule has 6 rings (SSSR count). The minimum atomic E-state index is 0.555. The molecule has 4 aromatic carbocycles. The number of para-hydroxylation sites is 1. The molecule has 2 heterocycles. The molecule has 0 spiro atoms. The van der Waals surface area contributed by atoms with E-state index in [0.29, 0.717) is 13.2 Å². The van der Waals surface area contributed by atoms with Crippen LogP contribution in [0.3, 0.4) is 0 Å². The van der Waals surface area contributed by atoms with Crippen molar-refractivity contribution in [1.82, 2.24) is 9.47 Å². The predicted octanol–water partition coefficient (Wildman–Crippen LogP) is 8.12. The van der Waals surface area contributed by atoms with Gasteiger partial charge < -0.3 is 18.8 Å². The number of methoxy groups -OCH3 is 1. The van der Waals surface area contributed by atoms with E-state index in [2.05, 4.69) is 95.3 Å². The smallest absolute Gasteiger partial charge is 0.161 e. The van der Waals surface area contributed by atoms with Crippen LogP contribution in [0.25, 0.3) is 22.2 Å². The van der Waals surface area contributed by atoms with Gasteiger partial charge in [0.05, 0.1) is 12.8 Å². The number of aryl methyl sites for hydroxylation is 1. The van der Waals surface area contributed by atoms with Crippen molar-refractivity contribution in [1.29, 1.82) is 0 Å². The van der Waals surface area contributed by atoms with E-state index in [9.17, 15) is 0 Å². The Balaban J connectivity index is 1.22. The number of ether oxygens (including phenoxy) is 3. The second-order valence-corrected chi connectivity index (χ2v) is 11.1. The van der Waals surface area contributed by atoms with Crippen molar-refractivity contribution in [3.05, 3.63) is 114 Å². The number of nitrogens with zero attached hydrogens (tertiary/aromatic N) is 2. The monoisotopic (exact) mass is 560 g/mol. The number of rotatable bonds is 11. The van der Waals surface area contributed by atoms with Crippen LogP contribution in [0.15, 0.2) is 97.1 Å². The lowest BCUT2D eigenvalue weighted by molar-refractivity contribution is 0.180. The first-order valence-corrected chi connectivity index (χ1v) is 15.1. The van der Waals surface area contributed by atoms with Gasteiger partial charge in [0.25, 0.3) is 0 Å². The van der Waals surface area contributed by atoms with Crippen molar-refractivity contribution in [2.45, 2.75) is 39.3 Å². The zero-order valence-corrected chi connectivity index (χ0v) is 24.7. The first-order chi connectivity index (χ1) is 20.7. The topological polar surface area (TPSA) is 35.9 Å². The van der Waals surface area contributed by atoms with E-state index in [1.807, 2.05) is 18.2 Å². The Kier molecular flexibility index (Phi) is 8.76. The van der Waals surface area contributed by atoms with Crippen molar-refractivity contribution in [3.63, 3.8) is 0 Å². The summed E-state index contributed by atoms with van der Waals surface area (Å²) < 4.78 is 20.4. The molecule has 0 saturated carbocycles. The normalized spacial score (nSPS) is 13.8. The van der Waals surface area contributed by atoms with E-state index >= 15 is 0 Å². The average Bonchev–Trinajstić information content (AvgIpc) is 3.32. The quantitative estimate of drug-likeness (QED) is 0.163. The summed E-state index contributed by atoms with van der Waals surface area (Å²) in [5.41, 5.74) is 7.20. The number of fused-ring (bicyclic) bond motifs is 1.